The minimum Gasteiger partial charge on any atom is -0.497 e. The van der Waals surface area contributed by atoms with E-state index in [2.05, 4.69) is 15.8 Å². The molecule has 0 atom stereocenters. The molecule has 3 rings (SSSR count). The number of methoxy groups -OCH3 is 2. The summed E-state index contributed by atoms with van der Waals surface area (Å²) in [5, 5.41) is 0.660. The second-order valence-corrected chi connectivity index (χ2v) is 8.06. The summed E-state index contributed by atoms with van der Waals surface area (Å²) >= 11 is 9.31. The largest absolute Gasteiger partial charge is 0.497 e. The average Bonchev–Trinajstić information content (AvgIpc) is 3.01. The lowest BCUT2D eigenvalue weighted by Gasteiger charge is -2.07. The van der Waals surface area contributed by atoms with Gasteiger partial charge in [-0.1, -0.05) is 22.9 Å². The Bertz CT molecular complexity index is 1040. The molecule has 142 valence electrons. The Kier molecular flexibility index (Phi) is 6.46. The molecule has 0 aliphatic heterocycles. The number of amides is 1. The Morgan fingerprint density at radius 1 is 1.22 bits per heavy atom. The van der Waals surface area contributed by atoms with Crippen LogP contribution in [0.4, 0.5) is 0 Å². The van der Waals surface area contributed by atoms with Crippen molar-refractivity contribution in [3.8, 4) is 11.5 Å². The number of fused-ring (bicyclic) bond motifs is 1. The van der Waals surface area contributed by atoms with Crippen LogP contribution in [0.25, 0.3) is 10.2 Å². The van der Waals surface area contributed by atoms with Crippen LogP contribution in [0.2, 0.25) is 5.02 Å². The van der Waals surface area contributed by atoms with Crippen molar-refractivity contribution >= 4 is 50.8 Å². The molecule has 0 fully saturated rings. The number of thiazole rings is 1. The molecule has 1 amide bonds. The van der Waals surface area contributed by atoms with Crippen molar-refractivity contribution in [2.45, 2.75) is 6.54 Å². The number of aromatic nitrogens is 1. The maximum Gasteiger partial charge on any atom is 0.283 e. The number of hydrogen-bond donors (Lipinski definition) is 0. The maximum atomic E-state index is 12.9. The van der Waals surface area contributed by atoms with Crippen LogP contribution in [0.1, 0.15) is 10.4 Å². The molecular weight excluding hydrogens is 404 g/mol. The number of nitrogens with zero attached hydrogens (tertiary/aromatic N) is 2. The minimum atomic E-state index is -0.374. The summed E-state index contributed by atoms with van der Waals surface area (Å²) in [6.45, 7) is 0.754. The van der Waals surface area contributed by atoms with Crippen LogP contribution in [0.5, 0.6) is 11.5 Å². The van der Waals surface area contributed by atoms with Crippen LogP contribution in [-0.2, 0) is 6.54 Å². The number of halogens is 1. The first-order valence-corrected chi connectivity index (χ1v) is 10.7. The van der Waals surface area contributed by atoms with Gasteiger partial charge in [0.05, 0.1) is 30.0 Å². The molecule has 0 aliphatic carbocycles. The number of hydrogen-bond acceptors (Lipinski definition) is 5. The predicted molar refractivity (Wildman–Crippen MR) is 113 cm³/mol. The van der Waals surface area contributed by atoms with Crippen molar-refractivity contribution in [3.05, 3.63) is 51.8 Å². The van der Waals surface area contributed by atoms with E-state index in [9.17, 15) is 4.79 Å². The van der Waals surface area contributed by atoms with E-state index in [-0.39, 0.29) is 5.91 Å². The predicted octanol–water partition coefficient (Wildman–Crippen LogP) is 4.48. The fourth-order valence-electron chi connectivity index (χ4n) is 2.66. The molecule has 8 heteroatoms. The summed E-state index contributed by atoms with van der Waals surface area (Å²) in [4.78, 5) is 17.9. The zero-order chi connectivity index (χ0) is 19.4. The van der Waals surface area contributed by atoms with E-state index < -0.39 is 0 Å². The van der Waals surface area contributed by atoms with Gasteiger partial charge in [0.25, 0.3) is 5.91 Å². The first-order valence-electron chi connectivity index (χ1n) is 8.16. The van der Waals surface area contributed by atoms with Gasteiger partial charge in [0.1, 0.15) is 11.5 Å². The molecule has 0 bridgehead atoms. The van der Waals surface area contributed by atoms with E-state index in [1.807, 2.05) is 18.2 Å². The molecule has 0 N–H and O–H groups in total. The van der Waals surface area contributed by atoms with Crippen LogP contribution in [0.15, 0.2) is 41.4 Å². The number of carbonyl (C=O) groups is 1. The van der Waals surface area contributed by atoms with E-state index in [4.69, 9.17) is 21.1 Å². The lowest BCUT2D eigenvalue weighted by Crippen LogP contribution is -2.18. The van der Waals surface area contributed by atoms with E-state index in [1.165, 1.54) is 18.4 Å². The zero-order valence-electron chi connectivity index (χ0n) is 15.2. The highest BCUT2D eigenvalue weighted by Crippen LogP contribution is 2.25. The van der Waals surface area contributed by atoms with Gasteiger partial charge in [0.2, 0.25) is 0 Å². The van der Waals surface area contributed by atoms with Gasteiger partial charge in [-0.15, -0.1) is 0 Å². The zero-order valence-corrected chi connectivity index (χ0v) is 17.6. The normalized spacial score (nSPS) is 11.8. The number of aryl methyl sites for hydroxylation is 1. The third-order valence-electron chi connectivity index (χ3n) is 4.00. The van der Waals surface area contributed by atoms with Crippen LogP contribution >= 0.6 is 34.7 Å². The number of thioether (sulfide) groups is 1. The SMILES string of the molecule is COc1ccc(OC)c(C(=O)N=c2sc3cc(Cl)ccc3n2CCSC)c1. The Morgan fingerprint density at radius 2 is 2.04 bits per heavy atom. The van der Waals surface area contributed by atoms with Gasteiger partial charge in [-0.25, -0.2) is 0 Å². The van der Waals surface area contributed by atoms with Crippen molar-refractivity contribution in [1.82, 2.24) is 4.57 Å². The molecule has 1 heterocycles. The molecule has 0 spiro atoms. The molecule has 0 saturated heterocycles. The van der Waals surface area contributed by atoms with Gasteiger partial charge in [0, 0.05) is 17.3 Å². The lowest BCUT2D eigenvalue weighted by molar-refractivity contribution is 0.0994. The standard InChI is InChI=1S/C19H19ClN2O3S2/c1-24-13-5-7-16(25-2)14(11-13)18(23)21-19-22(8-9-26-3)15-6-4-12(20)10-17(15)27-19/h4-7,10-11H,8-9H2,1-3H3. The molecule has 3 aromatic rings. The highest BCUT2D eigenvalue weighted by Gasteiger charge is 2.15. The summed E-state index contributed by atoms with van der Waals surface area (Å²) in [6, 6.07) is 10.8. The second-order valence-electron chi connectivity index (χ2n) is 5.62. The first kappa shape index (κ1) is 19.8. The van der Waals surface area contributed by atoms with Crippen molar-refractivity contribution < 1.29 is 14.3 Å². The fraction of sp³-hybridized carbons (Fsp3) is 0.263. The fourth-order valence-corrected chi connectivity index (χ4v) is 4.36. The molecule has 5 nitrogen and oxygen atoms in total. The number of benzene rings is 2. The van der Waals surface area contributed by atoms with Gasteiger partial charge in [-0.3, -0.25) is 4.79 Å². The molecule has 27 heavy (non-hydrogen) atoms. The molecule has 2 aromatic carbocycles. The van der Waals surface area contributed by atoms with Crippen LogP contribution in [0.3, 0.4) is 0 Å². The summed E-state index contributed by atoms with van der Waals surface area (Å²) in [5.74, 6) is 1.58. The second kappa shape index (κ2) is 8.82. The molecule has 0 unspecified atom stereocenters. The van der Waals surface area contributed by atoms with Gasteiger partial charge in [-0.05, 0) is 42.7 Å². The Morgan fingerprint density at radius 3 is 2.74 bits per heavy atom. The van der Waals surface area contributed by atoms with Crippen molar-refractivity contribution in [1.29, 1.82) is 0 Å². The molecular formula is C19H19ClN2O3S2. The van der Waals surface area contributed by atoms with E-state index in [0.717, 1.165) is 22.5 Å². The Balaban J connectivity index is 2.13. The number of rotatable bonds is 6. The highest BCUT2D eigenvalue weighted by atomic mass is 35.5. The maximum absolute atomic E-state index is 12.9. The monoisotopic (exact) mass is 422 g/mol. The topological polar surface area (TPSA) is 52.8 Å². The first-order chi connectivity index (χ1) is 13.1. The van der Waals surface area contributed by atoms with E-state index in [0.29, 0.717) is 26.9 Å². The van der Waals surface area contributed by atoms with Crippen LogP contribution < -0.4 is 14.3 Å². The smallest absolute Gasteiger partial charge is 0.283 e. The van der Waals surface area contributed by atoms with Crippen molar-refractivity contribution in [3.63, 3.8) is 0 Å². The summed E-state index contributed by atoms with van der Waals surface area (Å²) < 4.78 is 13.6. The molecule has 1 aromatic heterocycles. The Labute approximate surface area is 170 Å². The van der Waals surface area contributed by atoms with Crippen molar-refractivity contribution in [2.75, 3.05) is 26.2 Å². The highest BCUT2D eigenvalue weighted by molar-refractivity contribution is 7.98. The van der Waals surface area contributed by atoms with Crippen molar-refractivity contribution in [2.24, 2.45) is 4.99 Å². The molecule has 0 aliphatic rings. The lowest BCUT2D eigenvalue weighted by atomic mass is 10.2. The van der Waals surface area contributed by atoms with Gasteiger partial charge in [-0.2, -0.15) is 16.8 Å². The number of carbonyl (C=O) groups excluding carboxylic acids is 1. The molecule has 0 radical (unpaired) electrons. The van der Waals surface area contributed by atoms with E-state index >= 15 is 0 Å². The van der Waals surface area contributed by atoms with Gasteiger partial charge >= 0.3 is 0 Å². The summed E-state index contributed by atoms with van der Waals surface area (Å²) in [5.41, 5.74) is 1.38. The average molecular weight is 423 g/mol. The Hall–Kier alpha value is -1.96. The third-order valence-corrected chi connectivity index (χ3v) is 5.87. The summed E-state index contributed by atoms with van der Waals surface area (Å²) in [7, 11) is 3.08. The quantitative estimate of drug-likeness (QED) is 0.587. The number of ether oxygens (including phenoxy) is 2. The van der Waals surface area contributed by atoms with E-state index in [1.54, 1.807) is 37.1 Å². The molecule has 0 saturated carbocycles. The third kappa shape index (κ3) is 4.31. The minimum absolute atomic E-state index is 0.365. The van der Waals surface area contributed by atoms with Crippen LogP contribution in [-0.4, -0.2) is 36.7 Å². The summed E-state index contributed by atoms with van der Waals surface area (Å²) in [6.07, 6.45) is 2.05. The van der Waals surface area contributed by atoms with Crippen LogP contribution in [0, 0.1) is 0 Å². The van der Waals surface area contributed by atoms with Gasteiger partial charge < -0.3 is 14.0 Å². The van der Waals surface area contributed by atoms with Gasteiger partial charge in [0.15, 0.2) is 4.80 Å².